The molecule has 1 saturated heterocycles. The van der Waals surface area contributed by atoms with Crippen LogP contribution in [0.2, 0.25) is 0 Å². The molecule has 31 heavy (non-hydrogen) atoms. The molecule has 0 saturated carbocycles. The van der Waals surface area contributed by atoms with Gasteiger partial charge in [-0.2, -0.15) is 0 Å². The molecule has 4 heterocycles. The number of hydrogen-bond donors (Lipinski definition) is 1. The molecule has 1 atom stereocenters. The van der Waals surface area contributed by atoms with E-state index in [1.807, 2.05) is 6.07 Å². The van der Waals surface area contributed by atoms with Crippen molar-refractivity contribution in [3.63, 3.8) is 0 Å². The quantitative estimate of drug-likeness (QED) is 0.683. The fourth-order valence-electron chi connectivity index (χ4n) is 4.92. The topological polar surface area (TPSA) is 101 Å². The number of fused-ring (bicyclic) bond motifs is 2. The van der Waals surface area contributed by atoms with Crippen LogP contribution in [-0.4, -0.2) is 43.4 Å². The van der Waals surface area contributed by atoms with Crippen LogP contribution < -0.4 is 11.1 Å². The number of likely N-dealkylation sites (tertiary alicyclic amines) is 1. The number of carbonyl (C=O) groups excluding carboxylic acids is 1. The molecule has 1 amide bonds. The fraction of sp³-hybridized carbons (Fsp3) is 0.348. The predicted molar refractivity (Wildman–Crippen MR) is 115 cm³/mol. The Morgan fingerprint density at radius 1 is 1.19 bits per heavy atom. The van der Waals surface area contributed by atoms with Gasteiger partial charge in [-0.05, 0) is 49.9 Å². The number of piperidine rings is 1. The number of aromatic nitrogens is 4. The lowest BCUT2D eigenvalue weighted by Crippen LogP contribution is -2.49. The Morgan fingerprint density at radius 2 is 2.06 bits per heavy atom. The lowest BCUT2D eigenvalue weighted by atomic mass is 9.77. The molecule has 8 heteroatoms. The molecule has 3 aromatic heterocycles. The second-order valence-electron chi connectivity index (χ2n) is 8.43. The number of pyridine rings is 2. The zero-order valence-corrected chi connectivity index (χ0v) is 17.3. The molecular formula is C23H23N5O3. The maximum Gasteiger partial charge on any atom is 0.263 e. The van der Waals surface area contributed by atoms with E-state index in [4.69, 9.17) is 4.98 Å². The van der Waals surface area contributed by atoms with E-state index in [1.165, 1.54) is 4.57 Å². The van der Waals surface area contributed by atoms with E-state index in [9.17, 15) is 14.4 Å². The van der Waals surface area contributed by atoms with Gasteiger partial charge in [-0.25, -0.2) is 4.98 Å². The lowest BCUT2D eigenvalue weighted by Gasteiger charge is -2.40. The van der Waals surface area contributed by atoms with Crippen molar-refractivity contribution in [3.05, 3.63) is 80.4 Å². The van der Waals surface area contributed by atoms with Gasteiger partial charge in [0.15, 0.2) is 0 Å². The van der Waals surface area contributed by atoms with Gasteiger partial charge in [-0.15, -0.1) is 0 Å². The van der Waals surface area contributed by atoms with Crippen LogP contribution in [0.15, 0.2) is 52.4 Å². The van der Waals surface area contributed by atoms with Crippen LogP contribution in [-0.2, 0) is 18.9 Å². The molecule has 0 radical (unpaired) electrons. The van der Waals surface area contributed by atoms with Gasteiger partial charge in [0.25, 0.3) is 17.0 Å². The first-order valence-electron chi connectivity index (χ1n) is 10.5. The SMILES string of the molecule is Cn1cccc(C(=O)N2CCCC3(CCc4c3nc(-c3cccnc3)[nH]c4=O)C2)c1=O. The van der Waals surface area contributed by atoms with E-state index in [0.717, 1.165) is 30.5 Å². The molecular weight excluding hydrogens is 394 g/mol. The number of nitrogens with one attached hydrogen (secondary N) is 1. The van der Waals surface area contributed by atoms with Gasteiger partial charge >= 0.3 is 0 Å². The molecule has 158 valence electrons. The first-order valence-corrected chi connectivity index (χ1v) is 10.5. The van der Waals surface area contributed by atoms with E-state index >= 15 is 0 Å². The molecule has 1 N–H and O–H groups in total. The van der Waals surface area contributed by atoms with Gasteiger partial charge in [0.2, 0.25) is 0 Å². The van der Waals surface area contributed by atoms with Crippen molar-refractivity contribution in [2.24, 2.45) is 7.05 Å². The third kappa shape index (κ3) is 3.19. The largest absolute Gasteiger partial charge is 0.338 e. The molecule has 1 unspecified atom stereocenters. The van der Waals surface area contributed by atoms with Crippen molar-refractivity contribution in [2.75, 3.05) is 13.1 Å². The minimum absolute atomic E-state index is 0.124. The van der Waals surface area contributed by atoms with Crippen molar-refractivity contribution >= 4 is 5.91 Å². The summed E-state index contributed by atoms with van der Waals surface area (Å²) in [7, 11) is 1.64. The summed E-state index contributed by atoms with van der Waals surface area (Å²) in [5.41, 5.74) is 1.63. The molecule has 1 aliphatic heterocycles. The Morgan fingerprint density at radius 3 is 2.87 bits per heavy atom. The summed E-state index contributed by atoms with van der Waals surface area (Å²) in [4.78, 5) is 52.1. The second-order valence-corrected chi connectivity index (χ2v) is 8.43. The molecule has 1 spiro atoms. The van der Waals surface area contributed by atoms with Gasteiger partial charge in [0, 0.05) is 55.3 Å². The van der Waals surface area contributed by atoms with E-state index < -0.39 is 0 Å². The van der Waals surface area contributed by atoms with Gasteiger partial charge in [0.05, 0.1) is 5.69 Å². The highest BCUT2D eigenvalue weighted by Gasteiger charge is 2.46. The number of carbonyl (C=O) groups is 1. The van der Waals surface area contributed by atoms with Crippen molar-refractivity contribution in [2.45, 2.75) is 31.1 Å². The lowest BCUT2D eigenvalue weighted by molar-refractivity contribution is 0.0631. The monoisotopic (exact) mass is 417 g/mol. The minimum Gasteiger partial charge on any atom is -0.338 e. The highest BCUT2D eigenvalue weighted by atomic mass is 16.2. The summed E-state index contributed by atoms with van der Waals surface area (Å²) >= 11 is 0. The van der Waals surface area contributed by atoms with Gasteiger partial charge in [0.1, 0.15) is 11.4 Å². The van der Waals surface area contributed by atoms with Crippen molar-refractivity contribution < 1.29 is 4.79 Å². The third-order valence-corrected chi connectivity index (χ3v) is 6.52. The summed E-state index contributed by atoms with van der Waals surface area (Å²) in [5.74, 6) is 0.240. The van der Waals surface area contributed by atoms with Crippen LogP contribution in [0.5, 0.6) is 0 Å². The summed E-state index contributed by atoms with van der Waals surface area (Å²) in [6.45, 7) is 1.05. The Kier molecular flexibility index (Phi) is 4.57. The highest BCUT2D eigenvalue weighted by Crippen LogP contribution is 2.43. The normalized spacial score (nSPS) is 20.1. The van der Waals surface area contributed by atoms with Gasteiger partial charge < -0.3 is 14.5 Å². The number of amides is 1. The molecule has 8 nitrogen and oxygen atoms in total. The van der Waals surface area contributed by atoms with Crippen molar-refractivity contribution in [3.8, 4) is 11.4 Å². The predicted octanol–water partition coefficient (Wildman–Crippen LogP) is 1.65. The van der Waals surface area contributed by atoms with E-state index in [1.54, 1.807) is 48.7 Å². The number of H-pyrrole nitrogens is 1. The number of nitrogens with zero attached hydrogens (tertiary/aromatic N) is 4. The summed E-state index contributed by atoms with van der Waals surface area (Å²) in [6, 6.07) is 6.96. The zero-order valence-electron chi connectivity index (χ0n) is 17.3. The van der Waals surface area contributed by atoms with Gasteiger partial charge in [-0.3, -0.25) is 19.4 Å². The Labute approximate surface area is 178 Å². The average molecular weight is 417 g/mol. The van der Waals surface area contributed by atoms with E-state index in [-0.39, 0.29) is 28.0 Å². The summed E-state index contributed by atoms with van der Waals surface area (Å²) in [6.07, 6.45) is 8.06. The molecule has 0 bridgehead atoms. The first kappa shape index (κ1) is 19.4. The summed E-state index contributed by atoms with van der Waals surface area (Å²) < 4.78 is 1.42. The Hall–Kier alpha value is -3.55. The molecule has 5 rings (SSSR count). The Balaban J connectivity index is 1.53. The van der Waals surface area contributed by atoms with E-state index in [2.05, 4.69) is 9.97 Å². The average Bonchev–Trinajstić information content (AvgIpc) is 3.14. The maximum atomic E-state index is 13.2. The van der Waals surface area contributed by atoms with Crippen LogP contribution in [0.3, 0.4) is 0 Å². The molecule has 3 aromatic rings. The third-order valence-electron chi connectivity index (χ3n) is 6.52. The fourth-order valence-corrected chi connectivity index (χ4v) is 4.92. The number of rotatable bonds is 2. The first-order chi connectivity index (χ1) is 15.0. The molecule has 1 aliphatic carbocycles. The second kappa shape index (κ2) is 7.30. The van der Waals surface area contributed by atoms with Crippen LogP contribution in [0.1, 0.15) is 40.9 Å². The van der Waals surface area contributed by atoms with E-state index in [0.29, 0.717) is 30.9 Å². The summed E-state index contributed by atoms with van der Waals surface area (Å²) in [5, 5.41) is 0. The highest BCUT2D eigenvalue weighted by molar-refractivity contribution is 5.94. The standard InChI is InChI=1S/C23H23N5O3/c1-27-11-3-6-17(21(27)30)22(31)28-12-4-8-23(14-28)9-7-16-18(23)25-19(26-20(16)29)15-5-2-10-24-13-15/h2-3,5-6,10-11,13H,4,7-9,12,14H2,1H3,(H,25,26,29). The molecule has 1 fully saturated rings. The van der Waals surface area contributed by atoms with Crippen LogP contribution in [0.4, 0.5) is 0 Å². The van der Waals surface area contributed by atoms with Crippen molar-refractivity contribution in [1.82, 2.24) is 24.4 Å². The molecule has 2 aliphatic rings. The minimum atomic E-state index is -0.367. The smallest absolute Gasteiger partial charge is 0.263 e. The van der Waals surface area contributed by atoms with Crippen LogP contribution in [0, 0.1) is 0 Å². The van der Waals surface area contributed by atoms with Crippen molar-refractivity contribution in [1.29, 1.82) is 0 Å². The van der Waals surface area contributed by atoms with Gasteiger partial charge in [-0.1, -0.05) is 0 Å². The zero-order chi connectivity index (χ0) is 21.6. The molecule has 0 aromatic carbocycles. The number of aryl methyl sites for hydroxylation is 1. The number of aromatic amines is 1. The maximum absolute atomic E-state index is 13.2. The Bertz CT molecular complexity index is 1280. The number of hydrogen-bond acceptors (Lipinski definition) is 5. The van der Waals surface area contributed by atoms with Crippen LogP contribution >= 0.6 is 0 Å². The van der Waals surface area contributed by atoms with Crippen LogP contribution in [0.25, 0.3) is 11.4 Å².